The number of carbonyl (C=O) groups excluding carboxylic acids is 1. The van der Waals surface area contributed by atoms with E-state index >= 15 is 0 Å². The Labute approximate surface area is 180 Å². The molecule has 2 aromatic heterocycles. The van der Waals surface area contributed by atoms with Crippen LogP contribution in [-0.4, -0.2) is 26.1 Å². The highest BCUT2D eigenvalue weighted by Crippen LogP contribution is 2.40. The molecule has 2 aromatic carbocycles. The highest BCUT2D eigenvalue weighted by Gasteiger charge is 2.27. The standard InChI is InChI=1S/C21H16FN5OS2/c22-13-7-9-14(10-8-13)23-19(28)21-27-26-17(30-21)11-29-20-15-3-1-2-4-16(15)24-18(25-20)12-5-6-12/h1-4,7-10,12H,5-6,11H2,(H,23,28). The molecule has 2 heterocycles. The largest absolute Gasteiger partial charge is 0.320 e. The third kappa shape index (κ3) is 4.17. The maximum absolute atomic E-state index is 13.0. The summed E-state index contributed by atoms with van der Waals surface area (Å²) in [7, 11) is 0. The molecule has 30 heavy (non-hydrogen) atoms. The molecule has 1 saturated carbocycles. The summed E-state index contributed by atoms with van der Waals surface area (Å²) >= 11 is 2.81. The Kier molecular flexibility index (Phi) is 5.14. The minimum absolute atomic E-state index is 0.265. The number of carbonyl (C=O) groups is 1. The van der Waals surface area contributed by atoms with Gasteiger partial charge >= 0.3 is 0 Å². The van der Waals surface area contributed by atoms with Gasteiger partial charge in [0.1, 0.15) is 21.7 Å². The van der Waals surface area contributed by atoms with E-state index in [4.69, 9.17) is 9.97 Å². The minimum Gasteiger partial charge on any atom is -0.320 e. The van der Waals surface area contributed by atoms with Gasteiger partial charge < -0.3 is 5.32 Å². The van der Waals surface area contributed by atoms with Gasteiger partial charge in [-0.05, 0) is 43.2 Å². The van der Waals surface area contributed by atoms with Gasteiger partial charge in [0.25, 0.3) is 5.91 Å². The Bertz CT molecular complexity index is 1220. The topological polar surface area (TPSA) is 80.7 Å². The van der Waals surface area contributed by atoms with Crippen molar-refractivity contribution in [3.05, 3.63) is 70.2 Å². The number of aromatic nitrogens is 4. The summed E-state index contributed by atoms with van der Waals surface area (Å²) in [6, 6.07) is 13.6. The third-order valence-corrected chi connectivity index (χ3v) is 6.73. The molecule has 1 fully saturated rings. The normalized spacial score (nSPS) is 13.5. The summed E-state index contributed by atoms with van der Waals surface area (Å²) in [5.74, 6) is 1.22. The lowest BCUT2D eigenvalue weighted by Gasteiger charge is -2.07. The van der Waals surface area contributed by atoms with Gasteiger partial charge in [-0.25, -0.2) is 14.4 Å². The number of fused-ring (bicyclic) bond motifs is 1. The average molecular weight is 438 g/mol. The Morgan fingerprint density at radius 3 is 2.70 bits per heavy atom. The van der Waals surface area contributed by atoms with Crippen LogP contribution in [0.15, 0.2) is 53.6 Å². The van der Waals surface area contributed by atoms with Crippen molar-refractivity contribution >= 4 is 45.6 Å². The third-order valence-electron chi connectivity index (χ3n) is 4.62. The van der Waals surface area contributed by atoms with E-state index in [1.165, 1.54) is 35.6 Å². The first-order valence-corrected chi connectivity index (χ1v) is 11.2. The zero-order chi connectivity index (χ0) is 20.5. The molecule has 0 saturated heterocycles. The van der Waals surface area contributed by atoms with Gasteiger partial charge in [-0.2, -0.15) is 0 Å². The van der Waals surface area contributed by atoms with Crippen molar-refractivity contribution < 1.29 is 9.18 Å². The molecule has 0 radical (unpaired) electrons. The first-order valence-electron chi connectivity index (χ1n) is 9.44. The van der Waals surface area contributed by atoms with Crippen molar-refractivity contribution in [1.82, 2.24) is 20.2 Å². The predicted molar refractivity (Wildman–Crippen MR) is 115 cm³/mol. The second-order valence-electron chi connectivity index (χ2n) is 6.93. The molecular weight excluding hydrogens is 421 g/mol. The summed E-state index contributed by atoms with van der Waals surface area (Å²) in [5, 5.41) is 13.8. The van der Waals surface area contributed by atoms with E-state index in [1.54, 1.807) is 11.8 Å². The van der Waals surface area contributed by atoms with Crippen LogP contribution in [-0.2, 0) is 5.75 Å². The number of nitrogens with zero attached hydrogens (tertiary/aromatic N) is 4. The molecule has 1 aliphatic carbocycles. The smallest absolute Gasteiger partial charge is 0.286 e. The number of benzene rings is 2. The van der Waals surface area contributed by atoms with Gasteiger partial charge in [-0.15, -0.1) is 10.2 Å². The molecule has 0 atom stereocenters. The number of para-hydroxylation sites is 1. The molecule has 4 aromatic rings. The van der Waals surface area contributed by atoms with Crippen LogP contribution >= 0.6 is 23.1 Å². The first kappa shape index (κ1) is 19.1. The van der Waals surface area contributed by atoms with Gasteiger partial charge in [0.05, 0.1) is 11.3 Å². The van der Waals surface area contributed by atoms with Crippen molar-refractivity contribution in [1.29, 1.82) is 0 Å². The molecule has 150 valence electrons. The van der Waals surface area contributed by atoms with Gasteiger partial charge in [-0.1, -0.05) is 41.3 Å². The fourth-order valence-corrected chi connectivity index (χ4v) is 4.70. The quantitative estimate of drug-likeness (QED) is 0.336. The number of rotatable bonds is 6. The summed E-state index contributed by atoms with van der Waals surface area (Å²) in [5.41, 5.74) is 1.46. The number of halogens is 1. The van der Waals surface area contributed by atoms with Gasteiger partial charge in [-0.3, -0.25) is 4.79 Å². The van der Waals surface area contributed by atoms with Crippen LogP contribution in [0.5, 0.6) is 0 Å². The Balaban J connectivity index is 1.30. The lowest BCUT2D eigenvalue weighted by molar-refractivity contribution is 0.102. The monoisotopic (exact) mass is 437 g/mol. The molecular formula is C21H16FN5OS2. The zero-order valence-electron chi connectivity index (χ0n) is 15.7. The van der Waals surface area contributed by atoms with Crippen molar-refractivity contribution in [2.75, 3.05) is 5.32 Å². The Hall–Kier alpha value is -2.91. The SMILES string of the molecule is O=C(Nc1ccc(F)cc1)c1nnc(CSc2nc(C3CC3)nc3ccccc23)s1. The molecule has 0 bridgehead atoms. The molecule has 1 aliphatic rings. The lowest BCUT2D eigenvalue weighted by Crippen LogP contribution is -2.11. The Morgan fingerprint density at radius 2 is 1.90 bits per heavy atom. The van der Waals surface area contributed by atoms with Crippen molar-refractivity contribution in [2.45, 2.75) is 29.5 Å². The first-order chi connectivity index (χ1) is 14.7. The summed E-state index contributed by atoms with van der Waals surface area (Å²) in [6.07, 6.45) is 2.29. The minimum atomic E-state index is -0.362. The number of nitrogens with one attached hydrogen (secondary N) is 1. The molecule has 6 nitrogen and oxygen atoms in total. The Morgan fingerprint density at radius 1 is 1.10 bits per heavy atom. The lowest BCUT2D eigenvalue weighted by atomic mass is 10.2. The van der Waals surface area contributed by atoms with E-state index in [9.17, 15) is 9.18 Å². The van der Waals surface area contributed by atoms with Crippen molar-refractivity contribution in [3.63, 3.8) is 0 Å². The summed E-state index contributed by atoms with van der Waals surface area (Å²) in [4.78, 5) is 21.8. The molecule has 1 N–H and O–H groups in total. The molecule has 0 unspecified atom stereocenters. The van der Waals surface area contributed by atoms with E-state index in [-0.39, 0.29) is 16.7 Å². The fraction of sp³-hybridized carbons (Fsp3) is 0.190. The van der Waals surface area contributed by atoms with Crippen LogP contribution in [0, 0.1) is 5.82 Å². The zero-order valence-corrected chi connectivity index (χ0v) is 17.3. The molecule has 9 heteroatoms. The van der Waals surface area contributed by atoms with Crippen LogP contribution in [0.4, 0.5) is 10.1 Å². The maximum Gasteiger partial charge on any atom is 0.286 e. The van der Waals surface area contributed by atoms with Gasteiger partial charge in [0, 0.05) is 17.0 Å². The van der Waals surface area contributed by atoms with E-state index in [0.717, 1.165) is 39.6 Å². The van der Waals surface area contributed by atoms with E-state index in [0.29, 0.717) is 17.4 Å². The molecule has 0 aliphatic heterocycles. The predicted octanol–water partition coefficient (Wildman–Crippen LogP) is 5.04. The molecule has 1 amide bonds. The van der Waals surface area contributed by atoms with Crippen LogP contribution in [0.25, 0.3) is 10.9 Å². The van der Waals surface area contributed by atoms with Gasteiger partial charge in [0.15, 0.2) is 0 Å². The highest BCUT2D eigenvalue weighted by molar-refractivity contribution is 7.98. The molecule has 0 spiro atoms. The van der Waals surface area contributed by atoms with Crippen molar-refractivity contribution in [2.24, 2.45) is 0 Å². The number of thioether (sulfide) groups is 1. The maximum atomic E-state index is 13.0. The van der Waals surface area contributed by atoms with Crippen molar-refractivity contribution in [3.8, 4) is 0 Å². The number of hydrogen-bond donors (Lipinski definition) is 1. The van der Waals surface area contributed by atoms with Crippen LogP contribution in [0.3, 0.4) is 0 Å². The van der Waals surface area contributed by atoms with E-state index in [1.807, 2.05) is 24.3 Å². The average Bonchev–Trinajstić information content (AvgIpc) is 3.51. The van der Waals surface area contributed by atoms with E-state index < -0.39 is 0 Å². The van der Waals surface area contributed by atoms with E-state index in [2.05, 4.69) is 15.5 Å². The number of anilines is 1. The number of amides is 1. The summed E-state index contributed by atoms with van der Waals surface area (Å²) in [6.45, 7) is 0. The second-order valence-corrected chi connectivity index (χ2v) is 8.96. The molecule has 5 rings (SSSR count). The van der Waals surface area contributed by atoms with Crippen LogP contribution < -0.4 is 5.32 Å². The van der Waals surface area contributed by atoms with Crippen LogP contribution in [0.2, 0.25) is 0 Å². The summed E-state index contributed by atoms with van der Waals surface area (Å²) < 4.78 is 13.0. The number of hydrogen-bond acceptors (Lipinski definition) is 7. The van der Waals surface area contributed by atoms with Gasteiger partial charge in [0.2, 0.25) is 5.01 Å². The fourth-order valence-electron chi connectivity index (χ4n) is 2.95. The van der Waals surface area contributed by atoms with Crippen LogP contribution in [0.1, 0.15) is 39.4 Å². The highest BCUT2D eigenvalue weighted by atomic mass is 32.2. The second kappa shape index (κ2) is 8.08.